The van der Waals surface area contributed by atoms with Crippen LogP contribution in [0.2, 0.25) is 0 Å². The number of nitrogens with one attached hydrogen (secondary N) is 2. The maximum atomic E-state index is 4.57. The van der Waals surface area contributed by atoms with Crippen molar-refractivity contribution in [3.63, 3.8) is 0 Å². The summed E-state index contributed by atoms with van der Waals surface area (Å²) in [6, 6.07) is 15.0. The van der Waals surface area contributed by atoms with Gasteiger partial charge in [-0.1, -0.05) is 0 Å². The Morgan fingerprint density at radius 2 is 1.86 bits per heavy atom. The standard InChI is InChI=1S/C22H23N5S/c1-26-9-11-27(12-10-26)18-4-2-17(3-5-18)24-22-19-14-21(16-7-13-28-15-16)25-20(19)6-8-23-22/h2-8,13-15,25H,9-12H2,1H3,(H,23,24). The highest BCUT2D eigenvalue weighted by molar-refractivity contribution is 7.08. The molecule has 0 spiro atoms. The lowest BCUT2D eigenvalue weighted by molar-refractivity contribution is 0.313. The number of hydrogen-bond acceptors (Lipinski definition) is 5. The van der Waals surface area contributed by atoms with Gasteiger partial charge in [0.2, 0.25) is 0 Å². The van der Waals surface area contributed by atoms with Crippen LogP contribution in [0.5, 0.6) is 0 Å². The molecule has 4 heterocycles. The summed E-state index contributed by atoms with van der Waals surface area (Å²) in [5, 5.41) is 8.84. The molecule has 142 valence electrons. The summed E-state index contributed by atoms with van der Waals surface area (Å²) in [4.78, 5) is 12.9. The fourth-order valence-electron chi connectivity index (χ4n) is 3.68. The van der Waals surface area contributed by atoms with Crippen molar-refractivity contribution in [3.8, 4) is 11.3 Å². The molecular weight excluding hydrogens is 366 g/mol. The Morgan fingerprint density at radius 3 is 2.61 bits per heavy atom. The van der Waals surface area contributed by atoms with E-state index in [1.54, 1.807) is 11.3 Å². The molecule has 5 nitrogen and oxygen atoms in total. The van der Waals surface area contributed by atoms with Gasteiger partial charge in [0.05, 0.1) is 5.52 Å². The zero-order valence-electron chi connectivity index (χ0n) is 15.9. The van der Waals surface area contributed by atoms with Crippen LogP contribution in [-0.2, 0) is 0 Å². The molecule has 3 aromatic heterocycles. The second kappa shape index (κ2) is 7.30. The Balaban J connectivity index is 1.38. The SMILES string of the molecule is CN1CCN(c2ccc(Nc3nccc4[nH]c(-c5ccsc5)cc34)cc2)CC1. The highest BCUT2D eigenvalue weighted by Gasteiger charge is 2.14. The van der Waals surface area contributed by atoms with Crippen molar-refractivity contribution in [1.29, 1.82) is 0 Å². The monoisotopic (exact) mass is 389 g/mol. The van der Waals surface area contributed by atoms with Crippen molar-refractivity contribution < 1.29 is 0 Å². The van der Waals surface area contributed by atoms with Crippen molar-refractivity contribution in [1.82, 2.24) is 14.9 Å². The maximum absolute atomic E-state index is 4.57. The Labute approximate surface area is 168 Å². The van der Waals surface area contributed by atoms with Gasteiger partial charge in [0.1, 0.15) is 5.82 Å². The molecule has 6 heteroatoms. The topological polar surface area (TPSA) is 47.2 Å². The smallest absolute Gasteiger partial charge is 0.139 e. The van der Waals surface area contributed by atoms with Gasteiger partial charge < -0.3 is 20.1 Å². The van der Waals surface area contributed by atoms with E-state index in [1.807, 2.05) is 12.3 Å². The predicted octanol–water partition coefficient (Wildman–Crippen LogP) is 4.79. The second-order valence-electron chi connectivity index (χ2n) is 7.28. The first kappa shape index (κ1) is 17.3. The van der Waals surface area contributed by atoms with Crippen LogP contribution in [0.3, 0.4) is 0 Å². The van der Waals surface area contributed by atoms with E-state index in [0.717, 1.165) is 54.3 Å². The minimum absolute atomic E-state index is 0.877. The van der Waals surface area contributed by atoms with E-state index in [0.29, 0.717) is 0 Å². The van der Waals surface area contributed by atoms with Crippen molar-refractivity contribution in [2.75, 3.05) is 43.4 Å². The van der Waals surface area contributed by atoms with E-state index in [-0.39, 0.29) is 0 Å². The van der Waals surface area contributed by atoms with E-state index in [4.69, 9.17) is 0 Å². The first-order chi connectivity index (χ1) is 13.8. The maximum Gasteiger partial charge on any atom is 0.139 e. The molecule has 0 atom stereocenters. The van der Waals surface area contributed by atoms with Crippen molar-refractivity contribution in [3.05, 3.63) is 59.4 Å². The number of hydrogen-bond donors (Lipinski definition) is 2. The van der Waals surface area contributed by atoms with Crippen LogP contribution < -0.4 is 10.2 Å². The number of pyridine rings is 1. The molecule has 1 aromatic carbocycles. The average Bonchev–Trinajstić information content (AvgIpc) is 3.39. The normalized spacial score (nSPS) is 15.2. The summed E-state index contributed by atoms with van der Waals surface area (Å²) < 4.78 is 0. The lowest BCUT2D eigenvalue weighted by atomic mass is 10.2. The van der Waals surface area contributed by atoms with E-state index in [9.17, 15) is 0 Å². The van der Waals surface area contributed by atoms with Gasteiger partial charge in [-0.3, -0.25) is 0 Å². The molecule has 0 aliphatic carbocycles. The fraction of sp³-hybridized carbons (Fsp3) is 0.227. The van der Waals surface area contributed by atoms with Gasteiger partial charge in [0, 0.05) is 65.8 Å². The van der Waals surface area contributed by atoms with Crippen LogP contribution >= 0.6 is 11.3 Å². The van der Waals surface area contributed by atoms with Gasteiger partial charge in [0.15, 0.2) is 0 Å². The number of piperazine rings is 1. The predicted molar refractivity (Wildman–Crippen MR) is 119 cm³/mol. The molecule has 0 saturated carbocycles. The van der Waals surface area contributed by atoms with Gasteiger partial charge in [-0.2, -0.15) is 11.3 Å². The Hall–Kier alpha value is -2.83. The first-order valence-corrected chi connectivity index (χ1v) is 10.5. The summed E-state index contributed by atoms with van der Waals surface area (Å²) >= 11 is 1.71. The molecule has 1 aliphatic heterocycles. The molecule has 2 N–H and O–H groups in total. The van der Waals surface area contributed by atoms with Crippen molar-refractivity contribution in [2.24, 2.45) is 0 Å². The minimum atomic E-state index is 0.877. The number of anilines is 3. The molecular formula is C22H23N5S. The van der Waals surface area contributed by atoms with E-state index < -0.39 is 0 Å². The highest BCUT2D eigenvalue weighted by atomic mass is 32.1. The largest absolute Gasteiger partial charge is 0.369 e. The van der Waals surface area contributed by atoms with Crippen molar-refractivity contribution >= 4 is 39.4 Å². The Kier molecular flexibility index (Phi) is 4.50. The van der Waals surface area contributed by atoms with Gasteiger partial charge in [-0.25, -0.2) is 4.98 Å². The molecule has 4 aromatic rings. The lowest BCUT2D eigenvalue weighted by Crippen LogP contribution is -2.44. The third kappa shape index (κ3) is 3.37. The molecule has 1 fully saturated rings. The van der Waals surface area contributed by atoms with Gasteiger partial charge in [-0.15, -0.1) is 0 Å². The minimum Gasteiger partial charge on any atom is -0.369 e. The Bertz CT molecular complexity index is 1060. The van der Waals surface area contributed by atoms with Crippen LogP contribution in [0.25, 0.3) is 22.2 Å². The van der Waals surface area contributed by atoms with Gasteiger partial charge in [-0.05, 0) is 54.9 Å². The number of nitrogens with zero attached hydrogens (tertiary/aromatic N) is 3. The fourth-order valence-corrected chi connectivity index (χ4v) is 4.34. The quantitative estimate of drug-likeness (QED) is 0.527. The number of benzene rings is 1. The summed E-state index contributed by atoms with van der Waals surface area (Å²) in [6.07, 6.45) is 1.84. The summed E-state index contributed by atoms with van der Waals surface area (Å²) in [5.74, 6) is 0.877. The summed E-state index contributed by atoms with van der Waals surface area (Å²) in [5.41, 5.74) is 5.76. The zero-order chi connectivity index (χ0) is 18.9. The molecule has 5 rings (SSSR count). The van der Waals surface area contributed by atoms with Crippen LogP contribution in [0, 0.1) is 0 Å². The third-order valence-corrected chi connectivity index (χ3v) is 6.06. The van der Waals surface area contributed by atoms with Crippen LogP contribution in [-0.4, -0.2) is 48.1 Å². The average molecular weight is 390 g/mol. The van der Waals surface area contributed by atoms with Gasteiger partial charge in [0.25, 0.3) is 0 Å². The summed E-state index contributed by atoms with van der Waals surface area (Å²) in [6.45, 7) is 4.40. The summed E-state index contributed by atoms with van der Waals surface area (Å²) in [7, 11) is 2.18. The molecule has 1 aliphatic rings. The molecule has 1 saturated heterocycles. The Morgan fingerprint density at radius 1 is 1.04 bits per heavy atom. The number of thiophene rings is 1. The van der Waals surface area contributed by atoms with E-state index >= 15 is 0 Å². The van der Waals surface area contributed by atoms with Crippen molar-refractivity contribution in [2.45, 2.75) is 0 Å². The number of H-pyrrole nitrogens is 1. The van der Waals surface area contributed by atoms with E-state index in [2.05, 4.69) is 79.3 Å². The number of aromatic nitrogens is 2. The van der Waals surface area contributed by atoms with E-state index in [1.165, 1.54) is 11.3 Å². The van der Waals surface area contributed by atoms with Crippen LogP contribution in [0.1, 0.15) is 0 Å². The molecule has 0 amide bonds. The number of aromatic amines is 1. The van der Waals surface area contributed by atoms with Crippen LogP contribution in [0.15, 0.2) is 59.4 Å². The number of likely N-dealkylation sites (N-methyl/N-ethyl adjacent to an activating group) is 1. The van der Waals surface area contributed by atoms with Gasteiger partial charge >= 0.3 is 0 Å². The molecule has 0 unspecified atom stereocenters. The van der Waals surface area contributed by atoms with Crippen LogP contribution in [0.4, 0.5) is 17.2 Å². The molecule has 0 radical (unpaired) electrons. The number of rotatable bonds is 4. The zero-order valence-corrected chi connectivity index (χ0v) is 16.7. The molecule has 0 bridgehead atoms. The molecule has 28 heavy (non-hydrogen) atoms. The lowest BCUT2D eigenvalue weighted by Gasteiger charge is -2.34. The first-order valence-electron chi connectivity index (χ1n) is 9.57. The number of fused-ring (bicyclic) bond motifs is 1. The highest BCUT2D eigenvalue weighted by Crippen LogP contribution is 2.31. The third-order valence-electron chi connectivity index (χ3n) is 5.38. The second-order valence-corrected chi connectivity index (χ2v) is 8.06.